The molecule has 1 amide bonds. The molecule has 0 fully saturated rings. The standard InChI is InChI=1S/C20H12Cl2F3NO3S/c21-11-3-1-9(2-4-11)18-17(20(28)29)16(8-30-18)26-19(27)15(25)6-10-5-13(23)14(24)7-12(10)22/h1-5,7-8,15H,6H2,(H,26,27)(H,28,29). The molecule has 0 saturated heterocycles. The van der Waals surface area contributed by atoms with Crippen molar-refractivity contribution >= 4 is 52.1 Å². The molecule has 2 aromatic carbocycles. The molecule has 0 saturated carbocycles. The van der Waals surface area contributed by atoms with Gasteiger partial charge in [-0.1, -0.05) is 35.3 Å². The zero-order valence-corrected chi connectivity index (χ0v) is 17.2. The summed E-state index contributed by atoms with van der Waals surface area (Å²) in [6.45, 7) is 0. The van der Waals surface area contributed by atoms with Crippen molar-refractivity contribution in [2.45, 2.75) is 12.6 Å². The van der Waals surface area contributed by atoms with E-state index in [1.807, 2.05) is 0 Å². The quantitative estimate of drug-likeness (QED) is 0.417. The lowest BCUT2D eigenvalue weighted by Crippen LogP contribution is -2.26. The van der Waals surface area contributed by atoms with Crippen molar-refractivity contribution < 1.29 is 27.9 Å². The highest BCUT2D eigenvalue weighted by atomic mass is 35.5. The third kappa shape index (κ3) is 4.77. The van der Waals surface area contributed by atoms with Gasteiger partial charge in [0.25, 0.3) is 5.91 Å². The van der Waals surface area contributed by atoms with E-state index in [1.54, 1.807) is 24.3 Å². The number of carbonyl (C=O) groups is 2. The number of benzene rings is 2. The smallest absolute Gasteiger partial charge is 0.339 e. The number of aromatic carboxylic acids is 1. The second-order valence-corrected chi connectivity index (χ2v) is 7.91. The molecule has 0 spiro atoms. The van der Waals surface area contributed by atoms with Gasteiger partial charge in [-0.25, -0.2) is 18.0 Å². The summed E-state index contributed by atoms with van der Waals surface area (Å²) in [7, 11) is 0. The highest BCUT2D eigenvalue weighted by Crippen LogP contribution is 2.36. The van der Waals surface area contributed by atoms with Gasteiger partial charge in [-0.05, 0) is 35.4 Å². The predicted molar refractivity (Wildman–Crippen MR) is 110 cm³/mol. The number of anilines is 1. The Kier molecular flexibility index (Phi) is 6.70. The summed E-state index contributed by atoms with van der Waals surface area (Å²) in [5.41, 5.74) is 0.187. The molecule has 3 rings (SSSR count). The van der Waals surface area contributed by atoms with Gasteiger partial charge in [0.15, 0.2) is 17.8 Å². The van der Waals surface area contributed by atoms with E-state index in [0.717, 1.165) is 11.3 Å². The normalized spacial score (nSPS) is 11.9. The molecule has 0 bridgehead atoms. The minimum atomic E-state index is -2.17. The molecule has 1 heterocycles. The number of rotatable bonds is 6. The van der Waals surface area contributed by atoms with Crippen LogP contribution in [0.15, 0.2) is 41.8 Å². The topological polar surface area (TPSA) is 66.4 Å². The molecule has 2 N–H and O–H groups in total. The van der Waals surface area contributed by atoms with Gasteiger partial charge in [0.1, 0.15) is 5.56 Å². The van der Waals surface area contributed by atoms with Gasteiger partial charge in [-0.2, -0.15) is 0 Å². The molecule has 0 aliphatic heterocycles. The largest absolute Gasteiger partial charge is 0.478 e. The average Bonchev–Trinajstić information content (AvgIpc) is 3.10. The number of thiophene rings is 1. The summed E-state index contributed by atoms with van der Waals surface area (Å²) in [6.07, 6.45) is -2.79. The maximum absolute atomic E-state index is 14.4. The van der Waals surface area contributed by atoms with E-state index in [-0.39, 0.29) is 21.8 Å². The summed E-state index contributed by atoms with van der Waals surface area (Å²) in [5, 5.41) is 13.4. The second-order valence-electron chi connectivity index (χ2n) is 6.18. The molecule has 0 radical (unpaired) electrons. The Morgan fingerprint density at radius 3 is 2.37 bits per heavy atom. The van der Waals surface area contributed by atoms with Crippen LogP contribution in [0.2, 0.25) is 10.0 Å². The van der Waals surface area contributed by atoms with Gasteiger partial charge in [0.2, 0.25) is 0 Å². The van der Waals surface area contributed by atoms with Crippen LogP contribution >= 0.6 is 34.5 Å². The Balaban J connectivity index is 1.82. The van der Waals surface area contributed by atoms with Gasteiger partial charge in [-0.3, -0.25) is 4.79 Å². The zero-order chi connectivity index (χ0) is 22.0. The maximum atomic E-state index is 14.4. The second kappa shape index (κ2) is 9.07. The number of alkyl halides is 1. The minimum Gasteiger partial charge on any atom is -0.478 e. The third-order valence-electron chi connectivity index (χ3n) is 4.14. The molecule has 1 aromatic heterocycles. The Hall–Kier alpha value is -2.55. The molecule has 3 aromatic rings. The molecule has 1 atom stereocenters. The van der Waals surface area contributed by atoms with Crippen LogP contribution in [-0.4, -0.2) is 23.2 Å². The lowest BCUT2D eigenvalue weighted by molar-refractivity contribution is -0.120. The number of carboxylic acid groups (broad SMARTS) is 1. The highest BCUT2D eigenvalue weighted by molar-refractivity contribution is 7.14. The number of carbonyl (C=O) groups excluding carboxylic acids is 1. The molecule has 4 nitrogen and oxygen atoms in total. The predicted octanol–water partition coefficient (Wildman–Crippen LogP) is 6.22. The molecule has 156 valence electrons. The summed E-state index contributed by atoms with van der Waals surface area (Å²) in [6, 6.07) is 7.82. The summed E-state index contributed by atoms with van der Waals surface area (Å²) >= 11 is 12.7. The monoisotopic (exact) mass is 473 g/mol. The van der Waals surface area contributed by atoms with Crippen molar-refractivity contribution in [3.05, 3.63) is 74.6 Å². The number of carboxylic acids is 1. The van der Waals surface area contributed by atoms with Gasteiger partial charge < -0.3 is 10.4 Å². The number of amides is 1. The van der Waals surface area contributed by atoms with Crippen molar-refractivity contribution in [3.63, 3.8) is 0 Å². The van der Waals surface area contributed by atoms with Crippen LogP contribution in [-0.2, 0) is 11.2 Å². The summed E-state index contributed by atoms with van der Waals surface area (Å²) < 4.78 is 40.9. The summed E-state index contributed by atoms with van der Waals surface area (Å²) in [4.78, 5) is 24.3. The first-order valence-corrected chi connectivity index (χ1v) is 10.00. The Labute approximate surface area is 182 Å². The number of hydrogen-bond donors (Lipinski definition) is 2. The number of halogens is 5. The van der Waals surface area contributed by atoms with Crippen molar-refractivity contribution in [1.82, 2.24) is 0 Å². The molecule has 0 aliphatic carbocycles. The first-order chi connectivity index (χ1) is 14.2. The third-order valence-corrected chi connectivity index (χ3v) is 5.78. The summed E-state index contributed by atoms with van der Waals surface area (Å²) in [5.74, 6) is -4.86. The van der Waals surface area contributed by atoms with E-state index < -0.39 is 36.1 Å². The van der Waals surface area contributed by atoms with E-state index in [4.69, 9.17) is 23.2 Å². The molecular weight excluding hydrogens is 462 g/mol. The fourth-order valence-electron chi connectivity index (χ4n) is 2.69. The van der Waals surface area contributed by atoms with Crippen LogP contribution in [0.25, 0.3) is 10.4 Å². The van der Waals surface area contributed by atoms with Crippen LogP contribution in [0.4, 0.5) is 18.9 Å². The average molecular weight is 474 g/mol. The van der Waals surface area contributed by atoms with E-state index >= 15 is 0 Å². The highest BCUT2D eigenvalue weighted by Gasteiger charge is 2.25. The molecule has 1 unspecified atom stereocenters. The van der Waals surface area contributed by atoms with Crippen LogP contribution in [0, 0.1) is 11.6 Å². The van der Waals surface area contributed by atoms with Gasteiger partial charge in [-0.15, -0.1) is 11.3 Å². The maximum Gasteiger partial charge on any atom is 0.339 e. The molecular formula is C20H12Cl2F3NO3S. The van der Waals surface area contributed by atoms with E-state index in [9.17, 15) is 27.9 Å². The van der Waals surface area contributed by atoms with Crippen LogP contribution < -0.4 is 5.32 Å². The lowest BCUT2D eigenvalue weighted by Gasteiger charge is -2.11. The van der Waals surface area contributed by atoms with Gasteiger partial charge in [0, 0.05) is 21.8 Å². The Morgan fingerprint density at radius 2 is 1.73 bits per heavy atom. The fraction of sp³-hybridized carbons (Fsp3) is 0.100. The molecule has 0 aliphatic rings. The SMILES string of the molecule is O=C(O)c1c(NC(=O)C(F)Cc2cc(F)c(F)cc2Cl)csc1-c1ccc(Cl)cc1. The Bertz CT molecular complexity index is 1120. The van der Waals surface area contributed by atoms with Crippen LogP contribution in [0.5, 0.6) is 0 Å². The van der Waals surface area contributed by atoms with Crippen molar-refractivity contribution in [3.8, 4) is 10.4 Å². The van der Waals surface area contributed by atoms with Crippen LogP contribution in [0.1, 0.15) is 15.9 Å². The molecule has 30 heavy (non-hydrogen) atoms. The van der Waals surface area contributed by atoms with Crippen molar-refractivity contribution in [2.75, 3.05) is 5.32 Å². The van der Waals surface area contributed by atoms with Gasteiger partial charge in [0.05, 0.1) is 10.6 Å². The minimum absolute atomic E-state index is 0.0820. The lowest BCUT2D eigenvalue weighted by atomic mass is 10.1. The van der Waals surface area contributed by atoms with Gasteiger partial charge >= 0.3 is 5.97 Å². The van der Waals surface area contributed by atoms with Crippen molar-refractivity contribution in [2.24, 2.45) is 0 Å². The van der Waals surface area contributed by atoms with E-state index in [2.05, 4.69) is 5.32 Å². The first kappa shape index (κ1) is 22.1. The van der Waals surface area contributed by atoms with Crippen LogP contribution in [0.3, 0.4) is 0 Å². The van der Waals surface area contributed by atoms with E-state index in [0.29, 0.717) is 27.6 Å². The number of nitrogens with one attached hydrogen (secondary N) is 1. The van der Waals surface area contributed by atoms with Crippen molar-refractivity contribution in [1.29, 1.82) is 0 Å². The first-order valence-electron chi connectivity index (χ1n) is 8.36. The Morgan fingerprint density at radius 1 is 1.10 bits per heavy atom. The fourth-order valence-corrected chi connectivity index (χ4v) is 4.05. The van der Waals surface area contributed by atoms with E-state index in [1.165, 1.54) is 5.38 Å². The molecule has 10 heteroatoms. The number of hydrogen-bond acceptors (Lipinski definition) is 3. The zero-order valence-electron chi connectivity index (χ0n) is 14.9.